The number of carbonyl (C=O) groups excluding carboxylic acids is 1. The maximum Gasteiger partial charge on any atom is 0.178 e. The van der Waals surface area contributed by atoms with Crippen molar-refractivity contribution in [3.63, 3.8) is 0 Å². The van der Waals surface area contributed by atoms with Gasteiger partial charge in [-0.2, -0.15) is 5.26 Å². The van der Waals surface area contributed by atoms with Crippen LogP contribution in [0.4, 0.5) is 0 Å². The third-order valence-electron chi connectivity index (χ3n) is 3.48. The Morgan fingerprint density at radius 3 is 2.85 bits per heavy atom. The summed E-state index contributed by atoms with van der Waals surface area (Å²) >= 11 is 0. The quantitative estimate of drug-likeness (QED) is 0.820. The normalized spacial score (nSPS) is 11.2. The summed E-state index contributed by atoms with van der Waals surface area (Å²) < 4.78 is 0. The molecule has 0 spiro atoms. The zero-order valence-corrected chi connectivity index (χ0v) is 11.9. The zero-order chi connectivity index (χ0) is 14.5. The number of carbonyl (C=O) groups is 1. The van der Waals surface area contributed by atoms with Crippen molar-refractivity contribution in [2.24, 2.45) is 0 Å². The molecule has 2 rings (SSSR count). The van der Waals surface area contributed by atoms with Gasteiger partial charge in [-0.05, 0) is 19.9 Å². The molecule has 1 N–H and O–H groups in total. The predicted molar refractivity (Wildman–Crippen MR) is 79.6 cm³/mol. The Morgan fingerprint density at radius 1 is 1.40 bits per heavy atom. The van der Waals surface area contributed by atoms with Crippen molar-refractivity contribution in [3.05, 3.63) is 36.0 Å². The van der Waals surface area contributed by atoms with Gasteiger partial charge in [-0.15, -0.1) is 0 Å². The summed E-state index contributed by atoms with van der Waals surface area (Å²) in [6, 6.07) is 10.2. The summed E-state index contributed by atoms with van der Waals surface area (Å²) in [6.45, 7) is 5.06. The molecule has 0 fully saturated rings. The van der Waals surface area contributed by atoms with E-state index in [-0.39, 0.29) is 11.8 Å². The predicted octanol–water partition coefficient (Wildman–Crippen LogP) is 2.97. The topological polar surface area (TPSA) is 59.9 Å². The molecule has 0 saturated carbocycles. The van der Waals surface area contributed by atoms with Gasteiger partial charge in [0, 0.05) is 41.7 Å². The summed E-state index contributed by atoms with van der Waals surface area (Å²) in [5, 5.41) is 9.65. The van der Waals surface area contributed by atoms with E-state index in [4.69, 9.17) is 5.26 Å². The van der Waals surface area contributed by atoms with Crippen LogP contribution in [0.5, 0.6) is 0 Å². The fourth-order valence-electron chi connectivity index (χ4n) is 2.29. The minimum atomic E-state index is 0.0917. The minimum Gasteiger partial charge on any atom is -0.360 e. The molecular weight excluding hydrogens is 250 g/mol. The molecule has 0 aliphatic carbocycles. The van der Waals surface area contributed by atoms with E-state index in [0.717, 1.165) is 16.5 Å². The van der Waals surface area contributed by atoms with E-state index >= 15 is 0 Å². The first-order valence-electron chi connectivity index (χ1n) is 6.83. The number of hydrogen-bond donors (Lipinski definition) is 1. The summed E-state index contributed by atoms with van der Waals surface area (Å²) in [7, 11) is 0. The highest BCUT2D eigenvalue weighted by atomic mass is 16.1. The SMILES string of the molecule is CC(C)N(CCC#N)CC(=O)c1c[nH]c2ccccc12. The molecule has 0 bridgehead atoms. The first-order chi connectivity index (χ1) is 9.63. The Morgan fingerprint density at radius 2 is 2.15 bits per heavy atom. The van der Waals surface area contributed by atoms with Gasteiger partial charge < -0.3 is 4.98 Å². The number of nitriles is 1. The molecule has 0 unspecified atom stereocenters. The van der Waals surface area contributed by atoms with Gasteiger partial charge in [-0.3, -0.25) is 9.69 Å². The Labute approximate surface area is 119 Å². The highest BCUT2D eigenvalue weighted by Gasteiger charge is 2.17. The Balaban J connectivity index is 2.16. The average Bonchev–Trinajstić information content (AvgIpc) is 2.87. The van der Waals surface area contributed by atoms with Crippen LogP contribution in [0.1, 0.15) is 30.6 Å². The molecule has 1 aromatic heterocycles. The van der Waals surface area contributed by atoms with Crippen LogP contribution in [0, 0.1) is 11.3 Å². The van der Waals surface area contributed by atoms with Crippen molar-refractivity contribution in [1.29, 1.82) is 5.26 Å². The molecule has 1 heterocycles. The summed E-state index contributed by atoms with van der Waals surface area (Å²) in [4.78, 5) is 17.6. The number of hydrogen-bond acceptors (Lipinski definition) is 3. The summed E-state index contributed by atoms with van der Waals surface area (Å²) in [5.41, 5.74) is 1.70. The van der Waals surface area contributed by atoms with Gasteiger partial charge in [0.15, 0.2) is 5.78 Å². The lowest BCUT2D eigenvalue weighted by atomic mass is 10.1. The fraction of sp³-hybridized carbons (Fsp3) is 0.375. The Kier molecular flexibility index (Phi) is 4.54. The number of nitrogens with zero attached hydrogens (tertiary/aromatic N) is 2. The van der Waals surface area contributed by atoms with Gasteiger partial charge >= 0.3 is 0 Å². The van der Waals surface area contributed by atoms with E-state index in [1.54, 1.807) is 6.20 Å². The molecule has 0 aliphatic heterocycles. The van der Waals surface area contributed by atoms with Gasteiger partial charge in [0.2, 0.25) is 0 Å². The molecule has 0 amide bonds. The molecule has 104 valence electrons. The zero-order valence-electron chi connectivity index (χ0n) is 11.9. The van der Waals surface area contributed by atoms with Crippen LogP contribution in [0.25, 0.3) is 10.9 Å². The van der Waals surface area contributed by atoms with Gasteiger partial charge in [-0.1, -0.05) is 18.2 Å². The summed E-state index contributed by atoms with van der Waals surface area (Å²) in [6.07, 6.45) is 2.22. The highest BCUT2D eigenvalue weighted by Crippen LogP contribution is 2.18. The van der Waals surface area contributed by atoms with E-state index < -0.39 is 0 Å². The molecular formula is C16H19N3O. The van der Waals surface area contributed by atoms with Crippen LogP contribution >= 0.6 is 0 Å². The molecule has 0 saturated heterocycles. The number of nitrogens with one attached hydrogen (secondary N) is 1. The number of fused-ring (bicyclic) bond motifs is 1. The highest BCUT2D eigenvalue weighted by molar-refractivity contribution is 6.08. The lowest BCUT2D eigenvalue weighted by Gasteiger charge is -2.24. The molecule has 1 aromatic carbocycles. The molecule has 2 aromatic rings. The maximum absolute atomic E-state index is 12.5. The molecule has 0 atom stereocenters. The monoisotopic (exact) mass is 269 g/mol. The van der Waals surface area contributed by atoms with Gasteiger partial charge in [0.05, 0.1) is 12.6 Å². The third-order valence-corrected chi connectivity index (χ3v) is 3.48. The van der Waals surface area contributed by atoms with Crippen LogP contribution < -0.4 is 0 Å². The third kappa shape index (κ3) is 3.06. The van der Waals surface area contributed by atoms with E-state index in [0.29, 0.717) is 19.5 Å². The van der Waals surface area contributed by atoms with Gasteiger partial charge in [-0.25, -0.2) is 0 Å². The van der Waals surface area contributed by atoms with Gasteiger partial charge in [0.1, 0.15) is 0 Å². The lowest BCUT2D eigenvalue weighted by molar-refractivity contribution is 0.0909. The molecule has 4 nitrogen and oxygen atoms in total. The average molecular weight is 269 g/mol. The number of H-pyrrole nitrogens is 1. The van der Waals surface area contributed by atoms with Crippen LogP contribution in [0.15, 0.2) is 30.5 Å². The molecule has 0 aliphatic rings. The number of ketones is 1. The van der Waals surface area contributed by atoms with Crippen molar-refractivity contribution >= 4 is 16.7 Å². The number of Topliss-reactive ketones (excluding diaryl/α,β-unsaturated/α-hetero) is 1. The molecule has 20 heavy (non-hydrogen) atoms. The number of aromatic amines is 1. The van der Waals surface area contributed by atoms with Crippen molar-refractivity contribution in [2.75, 3.05) is 13.1 Å². The Hall–Kier alpha value is -2.12. The standard InChI is InChI=1S/C16H19N3O/c1-12(2)19(9-5-8-17)11-16(20)14-10-18-15-7-4-3-6-13(14)15/h3-4,6-7,10,12,18H,5,9,11H2,1-2H3. The second kappa shape index (κ2) is 6.36. The van der Waals surface area contributed by atoms with Crippen molar-refractivity contribution in [1.82, 2.24) is 9.88 Å². The van der Waals surface area contributed by atoms with Gasteiger partial charge in [0.25, 0.3) is 0 Å². The van der Waals surface area contributed by atoms with E-state index in [2.05, 4.69) is 11.1 Å². The lowest BCUT2D eigenvalue weighted by Crippen LogP contribution is -2.36. The largest absolute Gasteiger partial charge is 0.360 e. The number of aromatic nitrogens is 1. The molecule has 0 radical (unpaired) electrons. The fourth-order valence-corrected chi connectivity index (χ4v) is 2.29. The first kappa shape index (κ1) is 14.3. The van der Waals surface area contributed by atoms with E-state index in [1.807, 2.05) is 43.0 Å². The summed E-state index contributed by atoms with van der Waals surface area (Å²) in [5.74, 6) is 0.0917. The number of para-hydroxylation sites is 1. The van der Waals surface area contributed by atoms with Crippen LogP contribution in [0.2, 0.25) is 0 Å². The van der Waals surface area contributed by atoms with Crippen LogP contribution in [0.3, 0.4) is 0 Å². The Bertz CT molecular complexity index is 636. The van der Waals surface area contributed by atoms with Crippen molar-refractivity contribution < 1.29 is 4.79 Å². The number of benzene rings is 1. The smallest absolute Gasteiger partial charge is 0.178 e. The van der Waals surface area contributed by atoms with Crippen LogP contribution in [-0.2, 0) is 0 Å². The minimum absolute atomic E-state index is 0.0917. The van der Waals surface area contributed by atoms with E-state index in [1.165, 1.54) is 0 Å². The number of rotatable bonds is 6. The molecule has 4 heteroatoms. The van der Waals surface area contributed by atoms with Crippen molar-refractivity contribution in [3.8, 4) is 6.07 Å². The van der Waals surface area contributed by atoms with Crippen LogP contribution in [-0.4, -0.2) is 34.8 Å². The van der Waals surface area contributed by atoms with Crippen molar-refractivity contribution in [2.45, 2.75) is 26.3 Å². The first-order valence-corrected chi connectivity index (χ1v) is 6.83. The maximum atomic E-state index is 12.5. The van der Waals surface area contributed by atoms with E-state index in [9.17, 15) is 4.79 Å². The second-order valence-corrected chi connectivity index (χ2v) is 5.14. The second-order valence-electron chi connectivity index (χ2n) is 5.14.